The molecule has 1 aromatic carbocycles. The Morgan fingerprint density at radius 2 is 2.12 bits per heavy atom. The highest BCUT2D eigenvalue weighted by Crippen LogP contribution is 2.23. The van der Waals surface area contributed by atoms with Crippen molar-refractivity contribution in [2.45, 2.75) is 6.54 Å². The van der Waals surface area contributed by atoms with Crippen molar-refractivity contribution in [3.05, 3.63) is 58.0 Å². The molecule has 0 spiro atoms. The number of oxazole rings is 1. The Morgan fingerprint density at radius 1 is 1.21 bits per heavy atom. The number of rotatable bonds is 4. The van der Waals surface area contributed by atoms with Crippen molar-refractivity contribution in [2.24, 2.45) is 0 Å². The topological polar surface area (TPSA) is 82.8 Å². The van der Waals surface area contributed by atoms with Crippen LogP contribution < -0.4 is 0 Å². The van der Waals surface area contributed by atoms with Crippen LogP contribution in [0.5, 0.6) is 0 Å². The van der Waals surface area contributed by atoms with Gasteiger partial charge < -0.3 is 8.83 Å². The number of aromatic nitrogens is 5. The minimum atomic E-state index is 0.332. The van der Waals surface area contributed by atoms with E-state index in [0.29, 0.717) is 39.4 Å². The molecule has 0 atom stereocenters. The van der Waals surface area contributed by atoms with Gasteiger partial charge in [-0.2, -0.15) is 4.80 Å². The fraction of sp³-hybridized carbons (Fsp3) is 0.0667. The van der Waals surface area contributed by atoms with E-state index in [1.165, 1.54) is 4.80 Å². The van der Waals surface area contributed by atoms with Crippen molar-refractivity contribution in [1.29, 1.82) is 0 Å². The van der Waals surface area contributed by atoms with Crippen LogP contribution in [0.25, 0.3) is 23.0 Å². The number of benzene rings is 1. The van der Waals surface area contributed by atoms with Crippen LogP contribution in [-0.4, -0.2) is 25.2 Å². The Morgan fingerprint density at radius 3 is 2.92 bits per heavy atom. The molecule has 0 N–H and O–H groups in total. The third-order valence-electron chi connectivity index (χ3n) is 3.17. The Bertz CT molecular complexity index is 993. The molecule has 4 rings (SSSR count). The summed E-state index contributed by atoms with van der Waals surface area (Å²) in [6.07, 6.45) is 1.56. The molecule has 0 fully saturated rings. The van der Waals surface area contributed by atoms with Gasteiger partial charge in [0, 0.05) is 10.6 Å². The van der Waals surface area contributed by atoms with Crippen LogP contribution in [0.3, 0.4) is 0 Å². The van der Waals surface area contributed by atoms with Gasteiger partial charge in [0.1, 0.15) is 18.5 Å². The summed E-state index contributed by atoms with van der Waals surface area (Å²) >= 11 is 9.22. The summed E-state index contributed by atoms with van der Waals surface area (Å²) < 4.78 is 11.5. The lowest BCUT2D eigenvalue weighted by Crippen LogP contribution is -2.04. The van der Waals surface area contributed by atoms with E-state index in [2.05, 4.69) is 36.3 Å². The molecule has 9 heteroatoms. The first-order valence-corrected chi connectivity index (χ1v) is 8.08. The zero-order valence-electron chi connectivity index (χ0n) is 12.1. The first-order valence-electron chi connectivity index (χ1n) is 6.91. The maximum Gasteiger partial charge on any atom is 0.240 e. The maximum absolute atomic E-state index is 5.98. The Hall–Kier alpha value is -2.45. The standard InChI is InChI=1S/C15H9BrClN5O2/c16-13-5-4-12(24-13)14-19-21-22(20-14)7-11-8-23-15(18-11)9-2-1-3-10(17)6-9/h1-6,8H,7H2. The molecule has 120 valence electrons. The second-order valence-electron chi connectivity index (χ2n) is 4.90. The monoisotopic (exact) mass is 405 g/mol. The fourth-order valence-corrected chi connectivity index (χ4v) is 2.62. The second kappa shape index (κ2) is 6.21. The zero-order chi connectivity index (χ0) is 16.5. The number of furan rings is 1. The average molecular weight is 407 g/mol. The lowest BCUT2D eigenvalue weighted by atomic mass is 10.2. The first-order chi connectivity index (χ1) is 11.7. The summed E-state index contributed by atoms with van der Waals surface area (Å²) in [6.45, 7) is 0.332. The molecule has 0 unspecified atom stereocenters. The van der Waals surface area contributed by atoms with Crippen molar-refractivity contribution in [3.8, 4) is 23.0 Å². The van der Waals surface area contributed by atoms with Crippen molar-refractivity contribution in [3.63, 3.8) is 0 Å². The Labute approximate surface area is 149 Å². The molecule has 0 saturated carbocycles. The zero-order valence-corrected chi connectivity index (χ0v) is 14.4. The van der Waals surface area contributed by atoms with E-state index in [0.717, 1.165) is 5.56 Å². The van der Waals surface area contributed by atoms with Crippen molar-refractivity contribution >= 4 is 27.5 Å². The van der Waals surface area contributed by atoms with Crippen LogP contribution in [0.4, 0.5) is 0 Å². The summed E-state index contributed by atoms with van der Waals surface area (Å²) in [4.78, 5) is 5.84. The molecule has 0 amide bonds. The van der Waals surface area contributed by atoms with Gasteiger partial charge in [-0.1, -0.05) is 17.7 Å². The molecule has 0 radical (unpaired) electrons. The van der Waals surface area contributed by atoms with E-state index in [4.69, 9.17) is 20.4 Å². The van der Waals surface area contributed by atoms with E-state index in [9.17, 15) is 0 Å². The predicted octanol–water partition coefficient (Wildman–Crippen LogP) is 4.05. The van der Waals surface area contributed by atoms with Gasteiger partial charge >= 0.3 is 0 Å². The minimum Gasteiger partial charge on any atom is -0.446 e. The molecular weight excluding hydrogens is 398 g/mol. The summed E-state index contributed by atoms with van der Waals surface area (Å²) in [5, 5.41) is 12.8. The number of hydrogen-bond acceptors (Lipinski definition) is 6. The molecule has 0 aliphatic heterocycles. The number of tetrazole rings is 1. The van der Waals surface area contributed by atoms with Crippen molar-refractivity contribution in [2.75, 3.05) is 0 Å². The molecule has 0 aliphatic rings. The lowest BCUT2D eigenvalue weighted by Gasteiger charge is -1.95. The van der Waals surface area contributed by atoms with Crippen LogP contribution in [-0.2, 0) is 6.54 Å². The summed E-state index contributed by atoms with van der Waals surface area (Å²) in [7, 11) is 0. The SMILES string of the molecule is Clc1cccc(-c2nc(Cn3nnc(-c4ccc(Br)o4)n3)co2)c1. The third kappa shape index (κ3) is 3.10. The van der Waals surface area contributed by atoms with Gasteiger partial charge in [-0.05, 0) is 51.5 Å². The smallest absolute Gasteiger partial charge is 0.240 e. The highest BCUT2D eigenvalue weighted by Gasteiger charge is 2.12. The second-order valence-corrected chi connectivity index (χ2v) is 6.12. The molecule has 24 heavy (non-hydrogen) atoms. The predicted molar refractivity (Wildman–Crippen MR) is 89.3 cm³/mol. The van der Waals surface area contributed by atoms with Gasteiger partial charge in [0.05, 0.1) is 0 Å². The molecule has 4 aromatic rings. The van der Waals surface area contributed by atoms with Crippen LogP contribution >= 0.6 is 27.5 Å². The summed E-state index contributed by atoms with van der Waals surface area (Å²) in [6, 6.07) is 10.8. The molecular formula is C15H9BrClN5O2. The average Bonchev–Trinajstić information content (AvgIpc) is 3.28. The van der Waals surface area contributed by atoms with Crippen molar-refractivity contribution in [1.82, 2.24) is 25.2 Å². The summed E-state index contributed by atoms with van der Waals surface area (Å²) in [5.41, 5.74) is 1.48. The molecule has 3 aromatic heterocycles. The van der Waals surface area contributed by atoms with Crippen LogP contribution in [0.15, 0.2) is 56.2 Å². The Kier molecular flexibility index (Phi) is 3.91. The van der Waals surface area contributed by atoms with E-state index in [1.54, 1.807) is 30.5 Å². The van der Waals surface area contributed by atoms with Gasteiger partial charge in [0.15, 0.2) is 10.4 Å². The number of halogens is 2. The lowest BCUT2D eigenvalue weighted by molar-refractivity contribution is 0.543. The van der Waals surface area contributed by atoms with Gasteiger partial charge in [0.2, 0.25) is 11.7 Å². The van der Waals surface area contributed by atoms with E-state index in [1.807, 2.05) is 12.1 Å². The minimum absolute atomic E-state index is 0.332. The molecule has 0 saturated heterocycles. The quantitative estimate of drug-likeness (QED) is 0.508. The third-order valence-corrected chi connectivity index (χ3v) is 3.83. The van der Waals surface area contributed by atoms with Crippen LogP contribution in [0, 0.1) is 0 Å². The highest BCUT2D eigenvalue weighted by molar-refractivity contribution is 9.10. The molecule has 0 aliphatic carbocycles. The van der Waals surface area contributed by atoms with E-state index >= 15 is 0 Å². The molecule has 3 heterocycles. The van der Waals surface area contributed by atoms with Crippen LogP contribution in [0.2, 0.25) is 5.02 Å². The van der Waals surface area contributed by atoms with Gasteiger partial charge in [-0.15, -0.1) is 10.2 Å². The summed E-state index contributed by atoms with van der Waals surface area (Å²) in [5.74, 6) is 1.43. The van der Waals surface area contributed by atoms with Gasteiger partial charge in [-0.3, -0.25) is 0 Å². The number of nitrogens with zero attached hydrogens (tertiary/aromatic N) is 5. The molecule has 7 nitrogen and oxygen atoms in total. The maximum atomic E-state index is 5.98. The first kappa shape index (κ1) is 15.1. The fourth-order valence-electron chi connectivity index (χ4n) is 2.12. The largest absolute Gasteiger partial charge is 0.446 e. The van der Waals surface area contributed by atoms with E-state index in [-0.39, 0.29) is 0 Å². The normalized spacial score (nSPS) is 11.1. The van der Waals surface area contributed by atoms with E-state index < -0.39 is 0 Å². The molecule has 0 bridgehead atoms. The van der Waals surface area contributed by atoms with Crippen molar-refractivity contribution < 1.29 is 8.83 Å². The highest BCUT2D eigenvalue weighted by atomic mass is 79.9. The van der Waals surface area contributed by atoms with Crippen LogP contribution in [0.1, 0.15) is 5.69 Å². The number of hydrogen-bond donors (Lipinski definition) is 0. The Balaban J connectivity index is 1.53. The van der Waals surface area contributed by atoms with Gasteiger partial charge in [-0.25, -0.2) is 4.98 Å². The van der Waals surface area contributed by atoms with Gasteiger partial charge in [0.25, 0.3) is 0 Å².